The number of nitrogens with one attached hydrogen (secondary N) is 1. The lowest BCUT2D eigenvalue weighted by atomic mass is 9.97. The Kier molecular flexibility index (Phi) is 3.06. The summed E-state index contributed by atoms with van der Waals surface area (Å²) < 4.78 is 0. The van der Waals surface area contributed by atoms with Crippen LogP contribution in [0.3, 0.4) is 0 Å². The second kappa shape index (κ2) is 4.58. The van der Waals surface area contributed by atoms with E-state index in [1.54, 1.807) is 0 Å². The quantitative estimate of drug-likeness (QED) is 0.858. The van der Waals surface area contributed by atoms with Gasteiger partial charge in [-0.15, -0.1) is 0 Å². The molecule has 2 unspecified atom stereocenters. The molecule has 1 aromatic rings. The highest BCUT2D eigenvalue weighted by atomic mass is 15.2. The standard InChI is InChI=1S/C16H24N2/c1-11-4-7-16(12(2)8-11)17-13-9-14-5-6-15(10-13)18(14)3/h4,7-8,13-15,17H,5-6,9-10H2,1-3H3. The fourth-order valence-corrected chi connectivity index (χ4v) is 3.72. The minimum atomic E-state index is 0.667. The van der Waals surface area contributed by atoms with Crippen LogP contribution in [0.15, 0.2) is 18.2 Å². The van der Waals surface area contributed by atoms with Gasteiger partial charge in [-0.2, -0.15) is 0 Å². The molecule has 98 valence electrons. The number of piperidine rings is 1. The van der Waals surface area contributed by atoms with Crippen molar-refractivity contribution in [2.75, 3.05) is 12.4 Å². The third-order valence-corrected chi connectivity index (χ3v) is 4.84. The predicted octanol–water partition coefficient (Wildman–Crippen LogP) is 3.34. The van der Waals surface area contributed by atoms with E-state index in [2.05, 4.69) is 49.3 Å². The zero-order chi connectivity index (χ0) is 12.7. The molecule has 0 radical (unpaired) electrons. The van der Waals surface area contributed by atoms with Crippen LogP contribution >= 0.6 is 0 Å². The third-order valence-electron chi connectivity index (χ3n) is 4.84. The van der Waals surface area contributed by atoms with Crippen LogP contribution in [0.5, 0.6) is 0 Å². The molecule has 2 atom stereocenters. The average Bonchev–Trinajstić information content (AvgIpc) is 2.57. The van der Waals surface area contributed by atoms with E-state index in [1.165, 1.54) is 42.5 Å². The first kappa shape index (κ1) is 12.0. The van der Waals surface area contributed by atoms with Gasteiger partial charge in [-0.1, -0.05) is 17.7 Å². The lowest BCUT2D eigenvalue weighted by Gasteiger charge is -2.37. The molecule has 0 saturated carbocycles. The molecule has 18 heavy (non-hydrogen) atoms. The zero-order valence-electron chi connectivity index (χ0n) is 11.7. The van der Waals surface area contributed by atoms with E-state index in [1.807, 2.05) is 0 Å². The van der Waals surface area contributed by atoms with Gasteiger partial charge in [0.2, 0.25) is 0 Å². The number of anilines is 1. The van der Waals surface area contributed by atoms with Crippen LogP contribution in [0, 0.1) is 13.8 Å². The summed E-state index contributed by atoms with van der Waals surface area (Å²) in [6.07, 6.45) is 5.40. The summed E-state index contributed by atoms with van der Waals surface area (Å²) in [5, 5.41) is 3.77. The molecule has 0 spiro atoms. The predicted molar refractivity (Wildman–Crippen MR) is 77.1 cm³/mol. The lowest BCUT2D eigenvalue weighted by Crippen LogP contribution is -2.44. The highest BCUT2D eigenvalue weighted by Gasteiger charge is 2.38. The van der Waals surface area contributed by atoms with Crippen molar-refractivity contribution in [3.05, 3.63) is 29.3 Å². The first-order valence-corrected chi connectivity index (χ1v) is 7.19. The highest BCUT2D eigenvalue weighted by molar-refractivity contribution is 5.52. The molecule has 1 N–H and O–H groups in total. The number of benzene rings is 1. The summed E-state index contributed by atoms with van der Waals surface area (Å²) >= 11 is 0. The molecule has 2 heterocycles. The van der Waals surface area contributed by atoms with Crippen molar-refractivity contribution < 1.29 is 0 Å². The van der Waals surface area contributed by atoms with Crippen LogP contribution in [0.1, 0.15) is 36.8 Å². The van der Waals surface area contributed by atoms with Crippen molar-refractivity contribution in [3.8, 4) is 0 Å². The summed E-state index contributed by atoms with van der Waals surface area (Å²) in [4.78, 5) is 2.60. The second-order valence-electron chi connectivity index (χ2n) is 6.18. The monoisotopic (exact) mass is 244 g/mol. The Morgan fingerprint density at radius 3 is 2.39 bits per heavy atom. The van der Waals surface area contributed by atoms with E-state index in [9.17, 15) is 0 Å². The third kappa shape index (κ3) is 2.14. The van der Waals surface area contributed by atoms with Crippen LogP contribution in [-0.4, -0.2) is 30.1 Å². The van der Waals surface area contributed by atoms with E-state index in [-0.39, 0.29) is 0 Å². The van der Waals surface area contributed by atoms with E-state index in [4.69, 9.17) is 0 Å². The Bertz CT molecular complexity index is 427. The SMILES string of the molecule is Cc1ccc(NC2CC3CCC(C2)N3C)c(C)c1. The van der Waals surface area contributed by atoms with Crippen LogP contribution in [0.4, 0.5) is 5.69 Å². The lowest BCUT2D eigenvalue weighted by molar-refractivity contribution is 0.169. The summed E-state index contributed by atoms with van der Waals surface area (Å²) in [5.74, 6) is 0. The Hall–Kier alpha value is -1.02. The van der Waals surface area contributed by atoms with Gasteiger partial charge in [-0.05, 0) is 58.2 Å². The normalized spacial score (nSPS) is 31.6. The maximum absolute atomic E-state index is 3.77. The van der Waals surface area contributed by atoms with Crippen molar-refractivity contribution in [1.82, 2.24) is 4.90 Å². The second-order valence-corrected chi connectivity index (χ2v) is 6.18. The molecule has 2 saturated heterocycles. The zero-order valence-corrected chi connectivity index (χ0v) is 11.7. The smallest absolute Gasteiger partial charge is 0.0372 e. The fourth-order valence-electron chi connectivity index (χ4n) is 3.72. The molecule has 0 amide bonds. The molecule has 2 aliphatic rings. The van der Waals surface area contributed by atoms with Gasteiger partial charge in [0.15, 0.2) is 0 Å². The largest absolute Gasteiger partial charge is 0.382 e. The van der Waals surface area contributed by atoms with E-state index in [0.29, 0.717) is 6.04 Å². The van der Waals surface area contributed by atoms with Crippen LogP contribution in [0.2, 0.25) is 0 Å². The fraction of sp³-hybridized carbons (Fsp3) is 0.625. The molecule has 0 aromatic heterocycles. The van der Waals surface area contributed by atoms with Crippen LogP contribution in [0.25, 0.3) is 0 Å². The number of aryl methyl sites for hydroxylation is 2. The topological polar surface area (TPSA) is 15.3 Å². The summed E-state index contributed by atoms with van der Waals surface area (Å²) in [6.45, 7) is 4.37. The van der Waals surface area contributed by atoms with Gasteiger partial charge < -0.3 is 10.2 Å². The number of nitrogens with zero attached hydrogens (tertiary/aromatic N) is 1. The van der Waals surface area contributed by atoms with Crippen LogP contribution < -0.4 is 5.32 Å². The van der Waals surface area contributed by atoms with Crippen molar-refractivity contribution >= 4 is 5.69 Å². The van der Waals surface area contributed by atoms with Crippen molar-refractivity contribution in [2.45, 2.75) is 57.7 Å². The van der Waals surface area contributed by atoms with Gasteiger partial charge in [0.1, 0.15) is 0 Å². The summed E-state index contributed by atoms with van der Waals surface area (Å²) in [5.41, 5.74) is 4.05. The number of hydrogen-bond acceptors (Lipinski definition) is 2. The van der Waals surface area contributed by atoms with Crippen LogP contribution in [-0.2, 0) is 0 Å². The van der Waals surface area contributed by atoms with Crippen molar-refractivity contribution in [1.29, 1.82) is 0 Å². The Morgan fingerprint density at radius 1 is 1.11 bits per heavy atom. The Morgan fingerprint density at radius 2 is 1.78 bits per heavy atom. The molecule has 2 fully saturated rings. The maximum Gasteiger partial charge on any atom is 0.0372 e. The number of hydrogen-bond donors (Lipinski definition) is 1. The molecule has 2 heteroatoms. The average molecular weight is 244 g/mol. The molecule has 2 nitrogen and oxygen atoms in total. The maximum atomic E-state index is 3.77. The first-order chi connectivity index (χ1) is 8.63. The number of rotatable bonds is 2. The van der Waals surface area contributed by atoms with Crippen molar-refractivity contribution in [2.24, 2.45) is 0 Å². The number of fused-ring (bicyclic) bond motifs is 2. The van der Waals surface area contributed by atoms with Gasteiger partial charge in [0.25, 0.3) is 0 Å². The molecule has 1 aromatic carbocycles. The summed E-state index contributed by atoms with van der Waals surface area (Å²) in [6, 6.07) is 9.01. The van der Waals surface area contributed by atoms with E-state index >= 15 is 0 Å². The molecule has 3 rings (SSSR count). The molecule has 2 aliphatic heterocycles. The minimum absolute atomic E-state index is 0.667. The summed E-state index contributed by atoms with van der Waals surface area (Å²) in [7, 11) is 2.30. The molecule has 2 bridgehead atoms. The van der Waals surface area contributed by atoms with E-state index < -0.39 is 0 Å². The highest BCUT2D eigenvalue weighted by Crippen LogP contribution is 2.35. The van der Waals surface area contributed by atoms with Gasteiger partial charge >= 0.3 is 0 Å². The molecular formula is C16H24N2. The molecular weight excluding hydrogens is 220 g/mol. The van der Waals surface area contributed by atoms with Gasteiger partial charge in [-0.3, -0.25) is 0 Å². The van der Waals surface area contributed by atoms with Gasteiger partial charge in [0.05, 0.1) is 0 Å². The van der Waals surface area contributed by atoms with Gasteiger partial charge in [0, 0.05) is 23.8 Å². The Labute approximate surface area is 110 Å². The first-order valence-electron chi connectivity index (χ1n) is 7.19. The minimum Gasteiger partial charge on any atom is -0.382 e. The van der Waals surface area contributed by atoms with Crippen molar-refractivity contribution in [3.63, 3.8) is 0 Å². The Balaban J connectivity index is 1.70. The van der Waals surface area contributed by atoms with Gasteiger partial charge in [-0.25, -0.2) is 0 Å². The molecule has 0 aliphatic carbocycles. The van der Waals surface area contributed by atoms with E-state index in [0.717, 1.165) is 12.1 Å².